The molecule has 2 rings (SSSR count). The Kier molecular flexibility index (Phi) is 8.24. The van der Waals surface area contributed by atoms with Crippen LogP contribution in [0.15, 0.2) is 42.1 Å². The second-order valence-corrected chi connectivity index (χ2v) is 8.11. The van der Waals surface area contributed by atoms with Gasteiger partial charge in [-0.05, 0) is 51.5 Å². The molecule has 7 heteroatoms. The Labute approximate surface area is 172 Å². The lowest BCUT2D eigenvalue weighted by atomic mass is 9.93. The summed E-state index contributed by atoms with van der Waals surface area (Å²) in [4.78, 5) is 36.9. The van der Waals surface area contributed by atoms with Gasteiger partial charge in [-0.3, -0.25) is 10.1 Å². The normalized spacial score (nSPS) is 15.6. The number of hydrogen-bond acceptors (Lipinski definition) is 5. The van der Waals surface area contributed by atoms with Crippen LogP contribution >= 0.6 is 0 Å². The van der Waals surface area contributed by atoms with E-state index in [9.17, 15) is 14.4 Å². The largest absolute Gasteiger partial charge is 0.444 e. The molecule has 1 aromatic carbocycles. The molecule has 1 fully saturated rings. The monoisotopic (exact) mass is 402 g/mol. The van der Waals surface area contributed by atoms with Gasteiger partial charge in [0.05, 0.1) is 5.70 Å². The fourth-order valence-electron chi connectivity index (χ4n) is 2.98. The third-order valence-corrected chi connectivity index (χ3v) is 4.52. The van der Waals surface area contributed by atoms with Crippen LogP contribution in [0.3, 0.4) is 0 Å². The molecule has 1 saturated heterocycles. The first-order valence-electron chi connectivity index (χ1n) is 9.88. The van der Waals surface area contributed by atoms with Crippen LogP contribution < -0.4 is 5.32 Å². The number of nitrogens with one attached hydrogen (secondary N) is 1. The molecule has 1 aromatic rings. The number of allylic oxidation sites excluding steroid dienone is 2. The summed E-state index contributed by atoms with van der Waals surface area (Å²) in [7, 11) is 0. The molecule has 0 unspecified atom stereocenters. The fraction of sp³-hybridized carbons (Fsp3) is 0.500. The smallest absolute Gasteiger partial charge is 0.412 e. The molecule has 0 radical (unpaired) electrons. The number of aldehydes is 1. The maximum atomic E-state index is 12.1. The van der Waals surface area contributed by atoms with Crippen molar-refractivity contribution < 1.29 is 23.9 Å². The van der Waals surface area contributed by atoms with E-state index in [1.54, 1.807) is 11.0 Å². The van der Waals surface area contributed by atoms with Crippen molar-refractivity contribution in [3.63, 3.8) is 0 Å². The number of ether oxygens (including phenoxy) is 2. The Bertz CT molecular complexity index is 716. The number of alkyl carbamates (subject to hydrolysis) is 1. The topological polar surface area (TPSA) is 84.9 Å². The number of nitrogens with zero attached hydrogens (tertiary/aromatic N) is 1. The number of likely N-dealkylation sites (tertiary alicyclic amines) is 1. The van der Waals surface area contributed by atoms with Crippen LogP contribution in [0.1, 0.15) is 45.6 Å². The predicted octanol–water partition coefficient (Wildman–Crippen LogP) is 4.03. The Hall–Kier alpha value is -2.83. The summed E-state index contributed by atoms with van der Waals surface area (Å²) in [6, 6.07) is 9.32. The first-order chi connectivity index (χ1) is 13.8. The van der Waals surface area contributed by atoms with Crippen LogP contribution in [-0.2, 0) is 20.9 Å². The van der Waals surface area contributed by atoms with E-state index >= 15 is 0 Å². The summed E-state index contributed by atoms with van der Waals surface area (Å²) in [5.41, 5.74) is 0.560. The molecule has 0 aliphatic carbocycles. The van der Waals surface area contributed by atoms with Gasteiger partial charge in [-0.2, -0.15) is 0 Å². The number of carbonyl (C=O) groups excluding carboxylic acids is 3. The zero-order chi connectivity index (χ0) is 21.3. The highest BCUT2D eigenvalue weighted by molar-refractivity contribution is 5.81. The highest BCUT2D eigenvalue weighted by Gasteiger charge is 2.26. The number of piperidine rings is 1. The average Bonchev–Trinajstić information content (AvgIpc) is 2.69. The van der Waals surface area contributed by atoms with E-state index in [0.29, 0.717) is 31.7 Å². The minimum Gasteiger partial charge on any atom is -0.444 e. The number of rotatable bonds is 6. The van der Waals surface area contributed by atoms with E-state index < -0.39 is 11.7 Å². The predicted molar refractivity (Wildman–Crippen MR) is 109 cm³/mol. The highest BCUT2D eigenvalue weighted by Crippen LogP contribution is 2.22. The van der Waals surface area contributed by atoms with Gasteiger partial charge in [0.1, 0.15) is 12.2 Å². The Morgan fingerprint density at radius 3 is 2.41 bits per heavy atom. The zero-order valence-electron chi connectivity index (χ0n) is 17.3. The van der Waals surface area contributed by atoms with E-state index in [1.807, 2.05) is 51.1 Å². The quantitative estimate of drug-likeness (QED) is 0.573. The average molecular weight is 402 g/mol. The molecule has 1 heterocycles. The molecule has 0 aromatic heterocycles. The Morgan fingerprint density at radius 1 is 1.17 bits per heavy atom. The fourth-order valence-corrected chi connectivity index (χ4v) is 2.98. The van der Waals surface area contributed by atoms with Crippen molar-refractivity contribution in [1.29, 1.82) is 0 Å². The van der Waals surface area contributed by atoms with Crippen LogP contribution in [0, 0.1) is 5.92 Å². The number of hydrogen-bond donors (Lipinski definition) is 1. The van der Waals surface area contributed by atoms with Crippen LogP contribution in [-0.4, -0.2) is 42.1 Å². The molecule has 7 nitrogen and oxygen atoms in total. The summed E-state index contributed by atoms with van der Waals surface area (Å²) < 4.78 is 10.5. The maximum absolute atomic E-state index is 12.1. The Balaban J connectivity index is 1.74. The first kappa shape index (κ1) is 22.5. The van der Waals surface area contributed by atoms with Crippen LogP contribution in [0.4, 0.5) is 9.59 Å². The number of amides is 2. The van der Waals surface area contributed by atoms with E-state index in [-0.39, 0.29) is 18.4 Å². The van der Waals surface area contributed by atoms with Crippen molar-refractivity contribution in [3.05, 3.63) is 47.7 Å². The number of benzene rings is 1. The van der Waals surface area contributed by atoms with Crippen molar-refractivity contribution in [2.75, 3.05) is 13.1 Å². The van der Waals surface area contributed by atoms with Crippen molar-refractivity contribution in [3.8, 4) is 0 Å². The van der Waals surface area contributed by atoms with Crippen molar-refractivity contribution in [2.24, 2.45) is 5.92 Å². The Morgan fingerprint density at radius 2 is 1.83 bits per heavy atom. The molecule has 0 atom stereocenters. The minimum atomic E-state index is -0.660. The summed E-state index contributed by atoms with van der Waals surface area (Å²) in [5, 5.41) is 2.48. The third kappa shape index (κ3) is 8.37. The first-order valence-corrected chi connectivity index (χ1v) is 9.88. The van der Waals surface area contributed by atoms with Crippen LogP contribution in [0.2, 0.25) is 0 Å². The van der Waals surface area contributed by atoms with Crippen molar-refractivity contribution in [2.45, 2.75) is 52.2 Å². The van der Waals surface area contributed by atoms with Gasteiger partial charge in [0.2, 0.25) is 0 Å². The van der Waals surface area contributed by atoms with Gasteiger partial charge in [0.25, 0.3) is 0 Å². The van der Waals surface area contributed by atoms with Gasteiger partial charge in [0.15, 0.2) is 6.29 Å². The van der Waals surface area contributed by atoms with Gasteiger partial charge < -0.3 is 14.4 Å². The molecular weight excluding hydrogens is 372 g/mol. The second-order valence-electron chi connectivity index (χ2n) is 8.11. The van der Waals surface area contributed by atoms with Gasteiger partial charge >= 0.3 is 12.2 Å². The van der Waals surface area contributed by atoms with Gasteiger partial charge in [-0.1, -0.05) is 36.4 Å². The molecule has 1 N–H and O–H groups in total. The molecule has 1 aliphatic heterocycles. The minimum absolute atomic E-state index is 0.141. The van der Waals surface area contributed by atoms with Crippen LogP contribution in [0.5, 0.6) is 0 Å². The van der Waals surface area contributed by atoms with Gasteiger partial charge in [-0.15, -0.1) is 0 Å². The van der Waals surface area contributed by atoms with Gasteiger partial charge in [0, 0.05) is 13.1 Å². The standard InChI is InChI=1S/C22H30N2O5/c1-22(2,3)29-21(27)24-13-11-17(12-14-24)9-10-19(15-25)23-20(26)28-16-18-7-5-4-6-8-18/h4-8,10,15,17H,9,11-14,16H2,1-3H3,(H,23,26)/b19-10-. The second kappa shape index (κ2) is 10.6. The van der Waals surface area contributed by atoms with Crippen LogP contribution in [0.25, 0.3) is 0 Å². The van der Waals surface area contributed by atoms with E-state index in [0.717, 1.165) is 18.4 Å². The van der Waals surface area contributed by atoms with Gasteiger partial charge in [-0.25, -0.2) is 9.59 Å². The molecular formula is C22H30N2O5. The van der Waals surface area contributed by atoms with E-state index in [2.05, 4.69) is 5.32 Å². The summed E-state index contributed by atoms with van der Waals surface area (Å²) in [5.74, 6) is 0.339. The lowest BCUT2D eigenvalue weighted by molar-refractivity contribution is -0.105. The van der Waals surface area contributed by atoms with E-state index in [4.69, 9.17) is 9.47 Å². The molecule has 1 aliphatic rings. The lowest BCUT2D eigenvalue weighted by Gasteiger charge is -2.33. The van der Waals surface area contributed by atoms with E-state index in [1.165, 1.54) is 0 Å². The van der Waals surface area contributed by atoms with Crippen molar-refractivity contribution >= 4 is 18.5 Å². The maximum Gasteiger partial charge on any atom is 0.412 e. The third-order valence-electron chi connectivity index (χ3n) is 4.52. The molecule has 2 amide bonds. The summed E-state index contributed by atoms with van der Waals surface area (Å²) >= 11 is 0. The molecule has 0 bridgehead atoms. The lowest BCUT2D eigenvalue weighted by Crippen LogP contribution is -2.41. The number of carbonyl (C=O) groups is 3. The molecule has 0 saturated carbocycles. The van der Waals surface area contributed by atoms with Crippen molar-refractivity contribution in [1.82, 2.24) is 10.2 Å². The zero-order valence-corrected chi connectivity index (χ0v) is 17.3. The molecule has 158 valence electrons. The highest BCUT2D eigenvalue weighted by atomic mass is 16.6. The SMILES string of the molecule is CC(C)(C)OC(=O)N1CCC(C/C=C(/C=O)NC(=O)OCc2ccccc2)CC1. The molecule has 0 spiro atoms. The summed E-state index contributed by atoms with van der Waals surface area (Å²) in [6.07, 6.45) is 3.66. The summed E-state index contributed by atoms with van der Waals surface area (Å²) in [6.45, 7) is 6.93. The molecule has 29 heavy (non-hydrogen) atoms.